The van der Waals surface area contributed by atoms with E-state index in [9.17, 15) is 13.2 Å². The molecular formula is C8H10F3NO2. The van der Waals surface area contributed by atoms with Crippen LogP contribution in [0.1, 0.15) is 11.9 Å². The van der Waals surface area contributed by atoms with Crippen molar-refractivity contribution in [3.63, 3.8) is 0 Å². The van der Waals surface area contributed by atoms with Crippen LogP contribution in [-0.2, 0) is 4.74 Å². The summed E-state index contributed by atoms with van der Waals surface area (Å²) in [6, 6.07) is 3.09. The van der Waals surface area contributed by atoms with Crippen LogP contribution in [0.15, 0.2) is 22.8 Å². The number of ether oxygens (including phenoxy) is 1. The molecule has 3 nitrogen and oxygen atoms in total. The fourth-order valence-electron chi connectivity index (χ4n) is 0.936. The van der Waals surface area contributed by atoms with Crippen molar-refractivity contribution >= 4 is 0 Å². The van der Waals surface area contributed by atoms with E-state index in [4.69, 9.17) is 10.2 Å². The third-order valence-electron chi connectivity index (χ3n) is 1.52. The van der Waals surface area contributed by atoms with Crippen molar-refractivity contribution in [1.82, 2.24) is 0 Å². The Labute approximate surface area is 78.6 Å². The molecule has 0 saturated heterocycles. The minimum atomic E-state index is -4.35. The zero-order valence-electron chi connectivity index (χ0n) is 7.25. The van der Waals surface area contributed by atoms with Crippen LogP contribution in [0.25, 0.3) is 0 Å². The minimum absolute atomic E-state index is 0.0520. The third-order valence-corrected chi connectivity index (χ3v) is 1.52. The molecule has 0 aliphatic heterocycles. The average Bonchev–Trinajstić information content (AvgIpc) is 2.56. The van der Waals surface area contributed by atoms with Gasteiger partial charge in [0.2, 0.25) is 0 Å². The Morgan fingerprint density at radius 2 is 2.21 bits per heavy atom. The predicted octanol–water partition coefficient (Wildman–Crippen LogP) is 1.86. The van der Waals surface area contributed by atoms with Gasteiger partial charge in [-0.2, -0.15) is 13.2 Å². The third kappa shape index (κ3) is 3.39. The summed E-state index contributed by atoms with van der Waals surface area (Å²) in [6.45, 7) is -1.38. The van der Waals surface area contributed by atoms with E-state index in [0.717, 1.165) is 0 Å². The first-order valence-corrected chi connectivity index (χ1v) is 3.95. The maximum Gasteiger partial charge on any atom is 0.411 e. The number of hydrogen-bond donors (Lipinski definition) is 1. The first-order chi connectivity index (χ1) is 6.53. The van der Waals surface area contributed by atoms with Crippen molar-refractivity contribution < 1.29 is 22.3 Å². The first kappa shape index (κ1) is 11.1. The Bertz CT molecular complexity index is 258. The molecule has 0 aromatic carbocycles. The fraction of sp³-hybridized carbons (Fsp3) is 0.500. The number of nitrogens with two attached hydrogens (primary N) is 1. The van der Waals surface area contributed by atoms with E-state index < -0.39 is 18.9 Å². The normalized spacial score (nSPS) is 14.3. The van der Waals surface area contributed by atoms with Gasteiger partial charge in [0.15, 0.2) is 0 Å². The highest BCUT2D eigenvalue weighted by Crippen LogP contribution is 2.21. The smallest absolute Gasteiger partial charge is 0.411 e. The second-order valence-corrected chi connectivity index (χ2v) is 2.67. The molecule has 0 saturated carbocycles. The first-order valence-electron chi connectivity index (χ1n) is 3.95. The van der Waals surface area contributed by atoms with Crippen LogP contribution in [0.3, 0.4) is 0 Å². The largest absolute Gasteiger partial charge is 0.467 e. The second kappa shape index (κ2) is 4.47. The van der Waals surface area contributed by atoms with Crippen molar-refractivity contribution in [2.24, 2.45) is 5.73 Å². The van der Waals surface area contributed by atoms with Gasteiger partial charge in [0.25, 0.3) is 0 Å². The van der Waals surface area contributed by atoms with Crippen LogP contribution in [-0.4, -0.2) is 19.3 Å². The number of rotatable bonds is 4. The summed E-state index contributed by atoms with van der Waals surface area (Å²) in [4.78, 5) is 0. The molecule has 0 radical (unpaired) electrons. The van der Waals surface area contributed by atoms with Crippen molar-refractivity contribution in [1.29, 1.82) is 0 Å². The van der Waals surface area contributed by atoms with Crippen LogP contribution in [0, 0.1) is 0 Å². The van der Waals surface area contributed by atoms with E-state index in [1.54, 1.807) is 6.07 Å². The van der Waals surface area contributed by atoms with Crippen LogP contribution < -0.4 is 5.73 Å². The van der Waals surface area contributed by atoms with Gasteiger partial charge in [-0.05, 0) is 12.1 Å². The summed E-state index contributed by atoms with van der Waals surface area (Å²) >= 11 is 0. The van der Waals surface area contributed by atoms with E-state index in [1.807, 2.05) is 0 Å². The zero-order chi connectivity index (χ0) is 10.6. The van der Waals surface area contributed by atoms with Crippen LogP contribution in [0.5, 0.6) is 0 Å². The van der Waals surface area contributed by atoms with Gasteiger partial charge in [-0.3, -0.25) is 0 Å². The van der Waals surface area contributed by atoms with Crippen LogP contribution in [0.4, 0.5) is 13.2 Å². The van der Waals surface area contributed by atoms with Crippen molar-refractivity contribution in [3.8, 4) is 0 Å². The topological polar surface area (TPSA) is 48.4 Å². The van der Waals surface area contributed by atoms with Gasteiger partial charge in [0, 0.05) is 6.54 Å². The lowest BCUT2D eigenvalue weighted by Crippen LogP contribution is -2.23. The highest BCUT2D eigenvalue weighted by atomic mass is 19.4. The molecule has 1 heterocycles. The maximum absolute atomic E-state index is 11.8. The molecule has 0 spiro atoms. The summed E-state index contributed by atoms with van der Waals surface area (Å²) in [5.74, 6) is 0.303. The molecule has 1 rings (SSSR count). The minimum Gasteiger partial charge on any atom is -0.467 e. The molecule has 1 atom stereocenters. The number of hydrogen-bond acceptors (Lipinski definition) is 3. The van der Waals surface area contributed by atoms with E-state index in [2.05, 4.69) is 4.74 Å². The van der Waals surface area contributed by atoms with Crippen molar-refractivity contribution in [3.05, 3.63) is 24.2 Å². The molecule has 1 unspecified atom stereocenters. The molecule has 80 valence electrons. The molecule has 1 aromatic rings. The molecule has 0 aliphatic carbocycles. The summed E-state index contributed by atoms with van der Waals surface area (Å²) in [5.41, 5.74) is 5.24. The highest BCUT2D eigenvalue weighted by molar-refractivity contribution is 5.02. The number of alkyl halides is 3. The van der Waals surface area contributed by atoms with Crippen molar-refractivity contribution in [2.45, 2.75) is 12.3 Å². The number of halogens is 3. The van der Waals surface area contributed by atoms with Gasteiger partial charge >= 0.3 is 6.18 Å². The molecule has 6 heteroatoms. The Balaban J connectivity index is 2.49. The molecule has 14 heavy (non-hydrogen) atoms. The van der Waals surface area contributed by atoms with E-state index in [-0.39, 0.29) is 6.54 Å². The van der Waals surface area contributed by atoms with Crippen molar-refractivity contribution in [2.75, 3.05) is 13.2 Å². The lowest BCUT2D eigenvalue weighted by atomic mass is 10.3. The number of furan rings is 1. The lowest BCUT2D eigenvalue weighted by molar-refractivity contribution is -0.186. The second-order valence-electron chi connectivity index (χ2n) is 2.67. The molecule has 0 amide bonds. The molecule has 0 fully saturated rings. The van der Waals surface area contributed by atoms with Gasteiger partial charge < -0.3 is 14.9 Å². The van der Waals surface area contributed by atoms with Gasteiger partial charge in [-0.15, -0.1) is 0 Å². The van der Waals surface area contributed by atoms with Crippen LogP contribution in [0.2, 0.25) is 0 Å². The summed E-state index contributed by atoms with van der Waals surface area (Å²) in [6.07, 6.45) is -3.83. The van der Waals surface area contributed by atoms with Gasteiger partial charge in [-0.1, -0.05) is 0 Å². The molecule has 1 aromatic heterocycles. The Morgan fingerprint density at radius 1 is 1.50 bits per heavy atom. The SMILES string of the molecule is NCC(OCC(F)(F)F)c1ccco1. The zero-order valence-corrected chi connectivity index (χ0v) is 7.25. The Kier molecular flexibility index (Phi) is 3.54. The fourth-order valence-corrected chi connectivity index (χ4v) is 0.936. The van der Waals surface area contributed by atoms with Gasteiger partial charge in [-0.25, -0.2) is 0 Å². The van der Waals surface area contributed by atoms with Crippen LogP contribution >= 0.6 is 0 Å². The molecular weight excluding hydrogens is 199 g/mol. The lowest BCUT2D eigenvalue weighted by Gasteiger charge is -2.14. The van der Waals surface area contributed by atoms with E-state index >= 15 is 0 Å². The van der Waals surface area contributed by atoms with E-state index in [0.29, 0.717) is 5.76 Å². The monoisotopic (exact) mass is 209 g/mol. The Morgan fingerprint density at radius 3 is 2.64 bits per heavy atom. The standard InChI is InChI=1S/C8H10F3NO2/c9-8(10,11)5-14-7(4-12)6-2-1-3-13-6/h1-3,7H,4-5,12H2. The predicted molar refractivity (Wildman–Crippen MR) is 42.5 cm³/mol. The summed E-state index contributed by atoms with van der Waals surface area (Å²) < 4.78 is 44.8. The molecule has 2 N–H and O–H groups in total. The van der Waals surface area contributed by atoms with Gasteiger partial charge in [0.1, 0.15) is 18.5 Å². The Hall–Kier alpha value is -1.01. The average molecular weight is 209 g/mol. The molecule has 0 aliphatic rings. The summed E-state index contributed by atoms with van der Waals surface area (Å²) in [7, 11) is 0. The summed E-state index contributed by atoms with van der Waals surface area (Å²) in [5, 5.41) is 0. The van der Waals surface area contributed by atoms with Gasteiger partial charge in [0.05, 0.1) is 6.26 Å². The highest BCUT2D eigenvalue weighted by Gasteiger charge is 2.29. The maximum atomic E-state index is 11.8. The van der Waals surface area contributed by atoms with E-state index in [1.165, 1.54) is 12.3 Å². The quantitative estimate of drug-likeness (QED) is 0.823. The molecule has 0 bridgehead atoms.